The molecule has 0 aliphatic carbocycles. The molecular formula is C18H17Cl2F2N5O. The quantitative estimate of drug-likeness (QED) is 0.684. The Morgan fingerprint density at radius 3 is 2.50 bits per heavy atom. The molecule has 0 bridgehead atoms. The van der Waals surface area contributed by atoms with Crippen molar-refractivity contribution in [2.75, 3.05) is 18.4 Å². The third-order valence-corrected chi connectivity index (χ3v) is 5.13. The van der Waals surface area contributed by atoms with Crippen molar-refractivity contribution in [1.29, 1.82) is 0 Å². The van der Waals surface area contributed by atoms with Gasteiger partial charge in [0.1, 0.15) is 28.3 Å². The van der Waals surface area contributed by atoms with Gasteiger partial charge in [-0.3, -0.25) is 4.79 Å². The van der Waals surface area contributed by atoms with Crippen LogP contribution in [0, 0.1) is 11.6 Å². The molecule has 3 N–H and O–H groups in total. The van der Waals surface area contributed by atoms with Crippen LogP contribution in [0.15, 0.2) is 35.5 Å². The van der Waals surface area contributed by atoms with Crippen LogP contribution in [0.4, 0.5) is 14.5 Å². The average Bonchev–Trinajstić information content (AvgIpc) is 2.65. The number of aromatic nitrogens is 1. The number of carbonyl (C=O) groups is 1. The highest BCUT2D eigenvalue weighted by atomic mass is 35.5. The number of amidine groups is 1. The van der Waals surface area contributed by atoms with Gasteiger partial charge in [-0.15, -0.1) is 12.4 Å². The number of hydrogen-bond acceptors (Lipinski definition) is 5. The number of carbonyl (C=O) groups excluding carboxylic acids is 1. The highest BCUT2D eigenvalue weighted by Crippen LogP contribution is 2.36. The number of rotatable bonds is 1. The normalized spacial score (nSPS) is 17.2. The molecule has 0 unspecified atom stereocenters. The van der Waals surface area contributed by atoms with Crippen molar-refractivity contribution >= 4 is 41.4 Å². The molecular weight excluding hydrogens is 411 g/mol. The first-order chi connectivity index (χ1) is 12.9. The van der Waals surface area contributed by atoms with Gasteiger partial charge in [0.05, 0.1) is 16.8 Å². The lowest BCUT2D eigenvalue weighted by atomic mass is 9.93. The minimum Gasteiger partial charge on any atom is -0.383 e. The topological polar surface area (TPSA) is 83.6 Å². The van der Waals surface area contributed by atoms with Crippen LogP contribution < -0.4 is 11.1 Å². The first-order valence-corrected chi connectivity index (χ1v) is 8.79. The van der Waals surface area contributed by atoms with Crippen LogP contribution in [-0.4, -0.2) is 40.4 Å². The van der Waals surface area contributed by atoms with Gasteiger partial charge in [-0.25, -0.2) is 18.8 Å². The lowest BCUT2D eigenvalue weighted by molar-refractivity contribution is 0.0685. The summed E-state index contributed by atoms with van der Waals surface area (Å²) < 4.78 is 28.2. The standard InChI is InChI=1S/C18H16ClF2N5O.ClH/c19-13-4-1-10(9-23-13)17(27)26-7-5-18(6-8-26)24-15-12(21)3-2-11(20)14(15)16(22)25-18;/h1-4,9,24H,5-8H2,(H2,22,25);1H. The van der Waals surface area contributed by atoms with Crippen molar-refractivity contribution in [1.82, 2.24) is 9.88 Å². The van der Waals surface area contributed by atoms with Crippen LogP contribution in [0.25, 0.3) is 0 Å². The van der Waals surface area contributed by atoms with Crippen LogP contribution in [0.2, 0.25) is 5.15 Å². The van der Waals surface area contributed by atoms with Gasteiger partial charge < -0.3 is 16.0 Å². The van der Waals surface area contributed by atoms with Crippen LogP contribution >= 0.6 is 24.0 Å². The lowest BCUT2D eigenvalue weighted by Gasteiger charge is -2.42. The van der Waals surface area contributed by atoms with E-state index >= 15 is 0 Å². The molecule has 2 aliphatic rings. The van der Waals surface area contributed by atoms with Crippen molar-refractivity contribution < 1.29 is 13.6 Å². The van der Waals surface area contributed by atoms with Gasteiger partial charge in [0.15, 0.2) is 0 Å². The second kappa shape index (κ2) is 7.52. The van der Waals surface area contributed by atoms with Crippen LogP contribution in [0.1, 0.15) is 28.8 Å². The number of anilines is 1. The number of nitrogens with two attached hydrogens (primary N) is 1. The van der Waals surface area contributed by atoms with Crippen LogP contribution in [0.3, 0.4) is 0 Å². The number of likely N-dealkylation sites (tertiary alicyclic amines) is 1. The molecule has 28 heavy (non-hydrogen) atoms. The zero-order valence-corrected chi connectivity index (χ0v) is 16.2. The molecule has 10 heteroatoms. The maximum atomic E-state index is 14.2. The Labute approximate surface area is 171 Å². The summed E-state index contributed by atoms with van der Waals surface area (Å²) in [5.41, 5.74) is 5.47. The number of hydrogen-bond donors (Lipinski definition) is 2. The zero-order chi connectivity index (χ0) is 19.2. The molecule has 1 aromatic carbocycles. The molecule has 148 valence electrons. The first kappa shape index (κ1) is 20.3. The van der Waals surface area contributed by atoms with Gasteiger partial charge in [0, 0.05) is 32.1 Å². The van der Waals surface area contributed by atoms with Crippen molar-refractivity contribution in [3.63, 3.8) is 0 Å². The van der Waals surface area contributed by atoms with E-state index in [4.69, 9.17) is 17.3 Å². The summed E-state index contributed by atoms with van der Waals surface area (Å²) in [4.78, 5) is 22.6. The monoisotopic (exact) mass is 427 g/mol. The fraction of sp³-hybridized carbons (Fsp3) is 0.278. The molecule has 1 amide bonds. The zero-order valence-electron chi connectivity index (χ0n) is 14.6. The highest BCUT2D eigenvalue weighted by molar-refractivity contribution is 6.29. The fourth-order valence-electron chi connectivity index (χ4n) is 3.47. The summed E-state index contributed by atoms with van der Waals surface area (Å²) in [7, 11) is 0. The van der Waals surface area contributed by atoms with Crippen molar-refractivity contribution in [3.8, 4) is 0 Å². The summed E-state index contributed by atoms with van der Waals surface area (Å²) in [5, 5.41) is 3.32. The smallest absolute Gasteiger partial charge is 0.255 e. The number of benzene rings is 1. The summed E-state index contributed by atoms with van der Waals surface area (Å²) in [6, 6.07) is 5.25. The third-order valence-electron chi connectivity index (χ3n) is 4.90. The number of aliphatic imine (C=N–C) groups is 1. The van der Waals surface area contributed by atoms with Gasteiger partial charge in [-0.05, 0) is 24.3 Å². The Morgan fingerprint density at radius 2 is 1.86 bits per heavy atom. The Kier molecular flexibility index (Phi) is 5.45. The van der Waals surface area contributed by atoms with E-state index in [1.54, 1.807) is 17.0 Å². The third kappa shape index (κ3) is 3.49. The molecule has 4 rings (SSSR count). The van der Waals surface area contributed by atoms with Gasteiger partial charge in [0.25, 0.3) is 5.91 Å². The highest BCUT2D eigenvalue weighted by Gasteiger charge is 2.40. The van der Waals surface area contributed by atoms with E-state index in [0.29, 0.717) is 36.6 Å². The molecule has 1 fully saturated rings. The predicted molar refractivity (Wildman–Crippen MR) is 105 cm³/mol. The molecule has 1 saturated heterocycles. The molecule has 2 aliphatic heterocycles. The second-order valence-electron chi connectivity index (χ2n) is 6.59. The SMILES string of the molecule is Cl.NC1=NC2(CCN(C(=O)c3ccc(Cl)nc3)CC2)Nc2c(F)ccc(F)c21. The molecule has 3 heterocycles. The van der Waals surface area contributed by atoms with Crippen LogP contribution in [-0.2, 0) is 0 Å². The van der Waals surface area contributed by atoms with Crippen molar-refractivity contribution in [3.05, 3.63) is 58.4 Å². The molecule has 1 spiro atoms. The summed E-state index contributed by atoms with van der Waals surface area (Å²) in [6.45, 7) is 0.773. The maximum Gasteiger partial charge on any atom is 0.255 e. The Hall–Kier alpha value is -2.45. The number of amides is 1. The van der Waals surface area contributed by atoms with E-state index in [9.17, 15) is 13.6 Å². The van der Waals surface area contributed by atoms with E-state index in [2.05, 4.69) is 15.3 Å². The Morgan fingerprint density at radius 1 is 1.18 bits per heavy atom. The number of piperidine rings is 1. The number of halogens is 4. The minimum absolute atomic E-state index is 0. The second-order valence-corrected chi connectivity index (χ2v) is 6.98. The van der Waals surface area contributed by atoms with Gasteiger partial charge in [-0.2, -0.15) is 0 Å². The van der Waals surface area contributed by atoms with Crippen molar-refractivity contribution in [2.45, 2.75) is 18.5 Å². The number of nitrogens with zero attached hydrogens (tertiary/aromatic N) is 3. The lowest BCUT2D eigenvalue weighted by Crippen LogP contribution is -2.52. The Bertz CT molecular complexity index is 944. The summed E-state index contributed by atoms with van der Waals surface area (Å²) in [6.07, 6.45) is 2.25. The molecule has 6 nitrogen and oxygen atoms in total. The molecule has 0 radical (unpaired) electrons. The van der Waals surface area contributed by atoms with E-state index < -0.39 is 17.3 Å². The first-order valence-electron chi connectivity index (χ1n) is 8.41. The van der Waals surface area contributed by atoms with Gasteiger partial charge in [-0.1, -0.05) is 11.6 Å². The van der Waals surface area contributed by atoms with E-state index in [-0.39, 0.29) is 35.4 Å². The predicted octanol–water partition coefficient (Wildman–Crippen LogP) is 3.20. The largest absolute Gasteiger partial charge is 0.383 e. The molecule has 2 aromatic rings. The van der Waals surface area contributed by atoms with E-state index in [1.165, 1.54) is 6.20 Å². The molecule has 0 atom stereocenters. The van der Waals surface area contributed by atoms with Gasteiger partial charge >= 0.3 is 0 Å². The van der Waals surface area contributed by atoms with Gasteiger partial charge in [0.2, 0.25) is 0 Å². The average molecular weight is 428 g/mol. The summed E-state index contributed by atoms with van der Waals surface area (Å²) in [5.74, 6) is -1.42. The molecule has 0 saturated carbocycles. The number of fused-ring (bicyclic) bond motifs is 1. The fourth-order valence-corrected chi connectivity index (χ4v) is 3.58. The minimum atomic E-state index is -0.860. The van der Waals surface area contributed by atoms with E-state index in [0.717, 1.165) is 12.1 Å². The number of nitrogens with one attached hydrogen (secondary N) is 1. The number of pyridine rings is 1. The van der Waals surface area contributed by atoms with Crippen LogP contribution in [0.5, 0.6) is 0 Å². The van der Waals surface area contributed by atoms with Crippen molar-refractivity contribution in [2.24, 2.45) is 10.7 Å². The summed E-state index contributed by atoms with van der Waals surface area (Å²) >= 11 is 5.75. The molecule has 1 aromatic heterocycles. The maximum absolute atomic E-state index is 14.2. The van der Waals surface area contributed by atoms with E-state index in [1.807, 2.05) is 0 Å². The Balaban J connectivity index is 0.00000225.